The van der Waals surface area contributed by atoms with Gasteiger partial charge in [0.25, 0.3) is 0 Å². The lowest BCUT2D eigenvalue weighted by Crippen LogP contribution is -2.27. The van der Waals surface area contributed by atoms with Crippen molar-refractivity contribution in [3.63, 3.8) is 0 Å². The molecule has 2 heterocycles. The molecular formula is C31H30N4O4. The van der Waals surface area contributed by atoms with Crippen molar-refractivity contribution >= 4 is 28.6 Å². The molecule has 0 saturated heterocycles. The highest BCUT2D eigenvalue weighted by Crippen LogP contribution is 2.35. The molecule has 1 amide bonds. The van der Waals surface area contributed by atoms with Crippen LogP contribution in [0.1, 0.15) is 57.2 Å². The Hall–Kier alpha value is -4.59. The average Bonchev–Trinajstić information content (AvgIpc) is 3.37. The Labute approximate surface area is 227 Å². The van der Waals surface area contributed by atoms with Crippen molar-refractivity contribution in [3.8, 4) is 16.9 Å². The normalized spacial score (nSPS) is 15.3. The number of fused-ring (bicyclic) bond motifs is 1. The number of rotatable bonds is 7. The van der Waals surface area contributed by atoms with Gasteiger partial charge in [-0.05, 0) is 67.3 Å². The molecule has 1 unspecified atom stereocenters. The Bertz CT molecular complexity index is 1540. The number of ether oxygens (including phenoxy) is 1. The van der Waals surface area contributed by atoms with Crippen LogP contribution in [0.15, 0.2) is 84.2 Å². The monoisotopic (exact) mass is 522 g/mol. The predicted molar refractivity (Wildman–Crippen MR) is 149 cm³/mol. The van der Waals surface area contributed by atoms with E-state index in [9.17, 15) is 9.59 Å². The maximum absolute atomic E-state index is 13.0. The van der Waals surface area contributed by atoms with Gasteiger partial charge in [0.1, 0.15) is 11.4 Å². The number of amides is 1. The number of carboxylic acids is 1. The molecule has 1 aliphatic rings. The van der Waals surface area contributed by atoms with Gasteiger partial charge in [-0.3, -0.25) is 19.6 Å². The number of hydrogen-bond donors (Lipinski definition) is 1. The van der Waals surface area contributed by atoms with Crippen molar-refractivity contribution in [2.75, 3.05) is 0 Å². The molecule has 8 heteroatoms. The summed E-state index contributed by atoms with van der Waals surface area (Å²) in [6.45, 7) is 6.06. The molecule has 1 aromatic heterocycles. The van der Waals surface area contributed by atoms with Crippen molar-refractivity contribution in [2.45, 2.75) is 51.7 Å². The van der Waals surface area contributed by atoms with E-state index in [-0.39, 0.29) is 30.4 Å². The van der Waals surface area contributed by atoms with Gasteiger partial charge in [0.2, 0.25) is 5.91 Å². The van der Waals surface area contributed by atoms with Crippen molar-refractivity contribution < 1.29 is 19.4 Å². The number of benzene rings is 3. The average molecular weight is 523 g/mol. The lowest BCUT2D eigenvalue weighted by Gasteiger charge is -2.22. The molecule has 0 radical (unpaired) electrons. The van der Waals surface area contributed by atoms with E-state index in [2.05, 4.69) is 15.1 Å². The van der Waals surface area contributed by atoms with Gasteiger partial charge in [0.15, 0.2) is 0 Å². The first kappa shape index (κ1) is 26.0. The van der Waals surface area contributed by atoms with Crippen LogP contribution in [0.5, 0.6) is 5.75 Å². The van der Waals surface area contributed by atoms with Crippen LogP contribution in [0.3, 0.4) is 0 Å². The highest BCUT2D eigenvalue weighted by Gasteiger charge is 2.33. The summed E-state index contributed by atoms with van der Waals surface area (Å²) in [5.74, 6) is -0.523. The van der Waals surface area contributed by atoms with E-state index in [1.54, 1.807) is 12.4 Å². The summed E-state index contributed by atoms with van der Waals surface area (Å²) in [6.07, 6.45) is 3.40. The Morgan fingerprint density at radius 3 is 2.13 bits per heavy atom. The summed E-state index contributed by atoms with van der Waals surface area (Å²) in [6, 6.07) is 21.4. The summed E-state index contributed by atoms with van der Waals surface area (Å²) >= 11 is 0. The third kappa shape index (κ3) is 6.12. The fourth-order valence-electron chi connectivity index (χ4n) is 4.61. The second-order valence-corrected chi connectivity index (χ2v) is 10.5. The molecule has 5 rings (SSSR count). The van der Waals surface area contributed by atoms with Crippen LogP contribution in [0.2, 0.25) is 0 Å². The quantitative estimate of drug-likeness (QED) is 0.318. The van der Waals surface area contributed by atoms with Crippen molar-refractivity contribution in [1.82, 2.24) is 15.0 Å². The molecule has 1 N–H and O–H groups in total. The van der Waals surface area contributed by atoms with E-state index in [0.717, 1.165) is 44.7 Å². The molecule has 8 nitrogen and oxygen atoms in total. The topological polar surface area (TPSA) is 105 Å². The number of aliphatic carboxylic acids is 1. The van der Waals surface area contributed by atoms with Crippen LogP contribution in [0.25, 0.3) is 22.2 Å². The van der Waals surface area contributed by atoms with Crippen LogP contribution < -0.4 is 4.74 Å². The van der Waals surface area contributed by atoms with Crippen molar-refractivity contribution in [1.29, 1.82) is 0 Å². The number of nitrogens with zero attached hydrogens (tertiary/aromatic N) is 4. The number of carbonyl (C=O) groups excluding carboxylic acids is 1. The SMILES string of the molecule is CC(C)(C)Oc1ccc(-c2ccc(C3=NN(C(=O)CCC(=O)O)C(c4ccc5nccnc5c4)C3)cc2)cc1. The standard InChI is InChI=1S/C31H30N4O4/c1-31(2,3)39-24-11-8-21(9-12-24)20-4-6-22(7-5-20)26-19-28(35(34-26)29(36)14-15-30(37)38)23-10-13-25-27(18-23)33-17-16-32-25/h4-13,16-18,28H,14-15,19H2,1-3H3,(H,37,38). The molecule has 198 valence electrons. The zero-order valence-electron chi connectivity index (χ0n) is 22.2. The van der Waals surface area contributed by atoms with E-state index >= 15 is 0 Å². The maximum Gasteiger partial charge on any atom is 0.303 e. The summed E-state index contributed by atoms with van der Waals surface area (Å²) in [5, 5.41) is 15.2. The van der Waals surface area contributed by atoms with E-state index in [1.807, 2.05) is 87.5 Å². The molecule has 1 atom stereocenters. The molecule has 1 aliphatic heterocycles. The lowest BCUT2D eigenvalue weighted by molar-refractivity contribution is -0.141. The third-order valence-electron chi connectivity index (χ3n) is 6.43. The van der Waals surface area contributed by atoms with Crippen LogP contribution in [-0.2, 0) is 9.59 Å². The van der Waals surface area contributed by atoms with Gasteiger partial charge in [-0.25, -0.2) is 5.01 Å². The Morgan fingerprint density at radius 2 is 1.49 bits per heavy atom. The van der Waals surface area contributed by atoms with Crippen LogP contribution in [0.4, 0.5) is 0 Å². The van der Waals surface area contributed by atoms with Gasteiger partial charge < -0.3 is 9.84 Å². The van der Waals surface area contributed by atoms with Crippen LogP contribution in [0, 0.1) is 0 Å². The van der Waals surface area contributed by atoms with E-state index in [0.29, 0.717) is 6.42 Å². The number of carbonyl (C=O) groups is 2. The van der Waals surface area contributed by atoms with E-state index in [4.69, 9.17) is 9.84 Å². The molecule has 3 aromatic carbocycles. The first-order valence-corrected chi connectivity index (χ1v) is 12.9. The summed E-state index contributed by atoms with van der Waals surface area (Å²) in [5.41, 5.74) is 5.90. The number of hydrazone groups is 1. The first-order valence-electron chi connectivity index (χ1n) is 12.9. The van der Waals surface area contributed by atoms with Crippen LogP contribution >= 0.6 is 0 Å². The zero-order valence-corrected chi connectivity index (χ0v) is 22.2. The van der Waals surface area contributed by atoms with Gasteiger partial charge >= 0.3 is 5.97 Å². The largest absolute Gasteiger partial charge is 0.488 e. The van der Waals surface area contributed by atoms with Gasteiger partial charge in [-0.1, -0.05) is 42.5 Å². The van der Waals surface area contributed by atoms with Gasteiger partial charge in [0, 0.05) is 25.2 Å². The molecule has 4 aromatic rings. The van der Waals surface area contributed by atoms with E-state index in [1.165, 1.54) is 5.01 Å². The third-order valence-corrected chi connectivity index (χ3v) is 6.43. The smallest absolute Gasteiger partial charge is 0.303 e. The maximum atomic E-state index is 13.0. The molecule has 0 fully saturated rings. The minimum Gasteiger partial charge on any atom is -0.488 e. The van der Waals surface area contributed by atoms with Crippen molar-refractivity contribution in [2.24, 2.45) is 5.10 Å². The summed E-state index contributed by atoms with van der Waals surface area (Å²) in [7, 11) is 0. The highest BCUT2D eigenvalue weighted by atomic mass is 16.5. The molecular weight excluding hydrogens is 492 g/mol. The minimum absolute atomic E-state index is 0.121. The highest BCUT2D eigenvalue weighted by molar-refractivity contribution is 6.03. The lowest BCUT2D eigenvalue weighted by atomic mass is 9.96. The van der Waals surface area contributed by atoms with E-state index < -0.39 is 5.97 Å². The molecule has 0 spiro atoms. The summed E-state index contributed by atoms with van der Waals surface area (Å²) in [4.78, 5) is 32.9. The Kier molecular flexibility index (Phi) is 7.11. The zero-order chi connectivity index (χ0) is 27.6. The number of carboxylic acid groups (broad SMARTS) is 1. The minimum atomic E-state index is -1.02. The fourth-order valence-corrected chi connectivity index (χ4v) is 4.61. The van der Waals surface area contributed by atoms with Crippen LogP contribution in [-0.4, -0.2) is 43.3 Å². The second kappa shape index (κ2) is 10.6. The number of aromatic nitrogens is 2. The molecule has 0 saturated carbocycles. The second-order valence-electron chi connectivity index (χ2n) is 10.5. The van der Waals surface area contributed by atoms with Gasteiger partial charge in [0.05, 0.1) is 29.2 Å². The summed E-state index contributed by atoms with van der Waals surface area (Å²) < 4.78 is 5.92. The van der Waals surface area contributed by atoms with Crippen molar-refractivity contribution in [3.05, 3.63) is 90.3 Å². The first-order chi connectivity index (χ1) is 18.7. The van der Waals surface area contributed by atoms with Gasteiger partial charge in [-0.2, -0.15) is 5.10 Å². The fraction of sp³-hybridized carbons (Fsp3) is 0.258. The Balaban J connectivity index is 1.39. The molecule has 0 aliphatic carbocycles. The molecule has 39 heavy (non-hydrogen) atoms. The Morgan fingerprint density at radius 1 is 0.872 bits per heavy atom. The predicted octanol–water partition coefficient (Wildman–Crippen LogP) is 6.02. The number of hydrogen-bond acceptors (Lipinski definition) is 6. The van der Waals surface area contributed by atoms with Gasteiger partial charge in [-0.15, -0.1) is 0 Å². The molecule has 0 bridgehead atoms.